The van der Waals surface area contributed by atoms with Crippen LogP contribution in [0.2, 0.25) is 5.02 Å². The summed E-state index contributed by atoms with van der Waals surface area (Å²) in [6.45, 7) is 8.61. The van der Waals surface area contributed by atoms with Gasteiger partial charge in [-0.2, -0.15) is 0 Å². The summed E-state index contributed by atoms with van der Waals surface area (Å²) >= 11 is 6.19. The lowest BCUT2D eigenvalue weighted by Gasteiger charge is -2.23. The molecule has 142 valence electrons. The fraction of sp³-hybridized carbons (Fsp3) is 0.364. The molecule has 2 amide bonds. The predicted octanol–water partition coefficient (Wildman–Crippen LogP) is 4.94. The van der Waals surface area contributed by atoms with Crippen molar-refractivity contribution in [3.63, 3.8) is 0 Å². The summed E-state index contributed by atoms with van der Waals surface area (Å²) in [5.41, 5.74) is 3.49. The van der Waals surface area contributed by atoms with Crippen LogP contribution in [0.15, 0.2) is 42.5 Å². The van der Waals surface area contributed by atoms with E-state index in [-0.39, 0.29) is 29.6 Å². The number of carbonyl (C=O) groups is 2. The first-order chi connectivity index (χ1) is 12.7. The van der Waals surface area contributed by atoms with Crippen LogP contribution in [0.25, 0.3) is 0 Å². The monoisotopic (exact) mass is 384 g/mol. The number of aryl methyl sites for hydroxylation is 1. The van der Waals surface area contributed by atoms with E-state index >= 15 is 0 Å². The second-order valence-corrected chi connectivity index (χ2v) is 8.53. The van der Waals surface area contributed by atoms with E-state index in [1.165, 1.54) is 0 Å². The van der Waals surface area contributed by atoms with Crippen molar-refractivity contribution < 1.29 is 9.59 Å². The van der Waals surface area contributed by atoms with E-state index in [0.717, 1.165) is 22.5 Å². The molecule has 27 heavy (non-hydrogen) atoms. The predicted molar refractivity (Wildman–Crippen MR) is 110 cm³/mol. The van der Waals surface area contributed by atoms with Gasteiger partial charge in [0, 0.05) is 29.4 Å². The van der Waals surface area contributed by atoms with E-state index in [4.69, 9.17) is 11.6 Å². The maximum Gasteiger partial charge on any atom is 0.229 e. The molecule has 0 radical (unpaired) electrons. The normalized spacial score (nSPS) is 17.3. The van der Waals surface area contributed by atoms with Gasteiger partial charge < -0.3 is 10.2 Å². The Labute approximate surface area is 165 Å². The zero-order chi connectivity index (χ0) is 19.8. The Morgan fingerprint density at radius 1 is 1.19 bits per heavy atom. The molecule has 5 heteroatoms. The first-order valence-corrected chi connectivity index (χ1v) is 9.51. The average molecular weight is 385 g/mol. The minimum absolute atomic E-state index is 0.0563. The van der Waals surface area contributed by atoms with E-state index < -0.39 is 0 Å². The number of benzene rings is 2. The van der Waals surface area contributed by atoms with Crippen molar-refractivity contribution in [1.82, 2.24) is 0 Å². The number of halogens is 1. The number of anilines is 2. The third-order valence-corrected chi connectivity index (χ3v) is 5.36. The number of para-hydroxylation sites is 1. The highest BCUT2D eigenvalue weighted by molar-refractivity contribution is 6.31. The number of nitrogens with one attached hydrogen (secondary N) is 1. The Balaban J connectivity index is 1.76. The molecule has 4 nitrogen and oxygen atoms in total. The van der Waals surface area contributed by atoms with Gasteiger partial charge in [-0.1, -0.05) is 56.6 Å². The van der Waals surface area contributed by atoms with Gasteiger partial charge >= 0.3 is 0 Å². The zero-order valence-electron chi connectivity index (χ0n) is 16.2. The van der Waals surface area contributed by atoms with Gasteiger partial charge in [-0.15, -0.1) is 0 Å². The van der Waals surface area contributed by atoms with E-state index in [0.29, 0.717) is 11.6 Å². The van der Waals surface area contributed by atoms with E-state index in [1.807, 2.05) is 43.3 Å². The Kier molecular flexibility index (Phi) is 5.29. The molecule has 0 aliphatic carbocycles. The van der Waals surface area contributed by atoms with Crippen LogP contribution in [0, 0.1) is 12.8 Å². The van der Waals surface area contributed by atoms with Gasteiger partial charge in [0.1, 0.15) is 0 Å². The third-order valence-electron chi connectivity index (χ3n) is 4.96. The Morgan fingerprint density at radius 3 is 2.56 bits per heavy atom. The summed E-state index contributed by atoms with van der Waals surface area (Å²) in [5.74, 6) is -0.564. The standard InChI is InChI=1S/C22H25ClN2O2/c1-14-9-10-16(12-18(14)23)25-13-15(11-20(25)26)21(27)24-19-8-6-5-7-17(19)22(2,3)4/h5-10,12,15H,11,13H2,1-4H3,(H,24,27)/t15-/m0/s1. The Morgan fingerprint density at radius 2 is 1.89 bits per heavy atom. The minimum Gasteiger partial charge on any atom is -0.326 e. The summed E-state index contributed by atoms with van der Waals surface area (Å²) in [6, 6.07) is 13.3. The molecule has 0 unspecified atom stereocenters. The topological polar surface area (TPSA) is 49.4 Å². The van der Waals surface area contributed by atoms with Crippen LogP contribution in [0.4, 0.5) is 11.4 Å². The lowest BCUT2D eigenvalue weighted by molar-refractivity contribution is -0.122. The summed E-state index contributed by atoms with van der Waals surface area (Å²) in [5, 5.41) is 3.65. The zero-order valence-corrected chi connectivity index (χ0v) is 16.9. The molecule has 1 aliphatic rings. The van der Waals surface area contributed by atoms with Gasteiger partial charge in [0.15, 0.2) is 0 Å². The molecule has 0 bridgehead atoms. The summed E-state index contributed by atoms with van der Waals surface area (Å²) < 4.78 is 0. The molecule has 0 spiro atoms. The summed E-state index contributed by atoms with van der Waals surface area (Å²) in [4.78, 5) is 26.9. The van der Waals surface area contributed by atoms with Crippen LogP contribution in [0.1, 0.15) is 38.3 Å². The van der Waals surface area contributed by atoms with Gasteiger partial charge in [-0.05, 0) is 41.7 Å². The number of hydrogen-bond acceptors (Lipinski definition) is 2. The molecule has 1 heterocycles. The molecule has 1 N–H and O–H groups in total. The molecular formula is C22H25ClN2O2. The smallest absolute Gasteiger partial charge is 0.229 e. The number of amides is 2. The van der Waals surface area contributed by atoms with E-state index in [1.54, 1.807) is 11.0 Å². The Hall–Kier alpha value is -2.33. The highest BCUT2D eigenvalue weighted by Crippen LogP contribution is 2.32. The lowest BCUT2D eigenvalue weighted by atomic mass is 9.85. The molecule has 1 saturated heterocycles. The van der Waals surface area contributed by atoms with E-state index in [2.05, 4.69) is 26.1 Å². The molecule has 0 saturated carbocycles. The van der Waals surface area contributed by atoms with Gasteiger partial charge in [-0.25, -0.2) is 0 Å². The quantitative estimate of drug-likeness (QED) is 0.814. The molecule has 1 atom stereocenters. The minimum atomic E-state index is -0.384. The lowest BCUT2D eigenvalue weighted by Crippen LogP contribution is -2.29. The maximum absolute atomic E-state index is 12.8. The molecule has 0 aromatic heterocycles. The fourth-order valence-electron chi connectivity index (χ4n) is 3.36. The maximum atomic E-state index is 12.8. The van der Waals surface area contributed by atoms with Crippen molar-refractivity contribution in [2.24, 2.45) is 5.92 Å². The van der Waals surface area contributed by atoms with Crippen LogP contribution < -0.4 is 10.2 Å². The van der Waals surface area contributed by atoms with Gasteiger partial charge in [0.2, 0.25) is 11.8 Å². The number of rotatable bonds is 3. The van der Waals surface area contributed by atoms with Crippen molar-refractivity contribution in [2.75, 3.05) is 16.8 Å². The van der Waals surface area contributed by atoms with Gasteiger partial charge in [-0.3, -0.25) is 9.59 Å². The van der Waals surface area contributed by atoms with Crippen LogP contribution in [0.5, 0.6) is 0 Å². The molecular weight excluding hydrogens is 360 g/mol. The Bertz CT molecular complexity index is 886. The summed E-state index contributed by atoms with van der Waals surface area (Å²) in [6.07, 6.45) is 0.203. The highest BCUT2D eigenvalue weighted by atomic mass is 35.5. The van der Waals surface area contributed by atoms with E-state index in [9.17, 15) is 9.59 Å². The number of carbonyl (C=O) groups excluding carboxylic acids is 2. The second kappa shape index (κ2) is 7.35. The molecule has 3 rings (SSSR count). The van der Waals surface area contributed by atoms with Crippen molar-refractivity contribution in [1.29, 1.82) is 0 Å². The largest absolute Gasteiger partial charge is 0.326 e. The van der Waals surface area contributed by atoms with Gasteiger partial charge in [0.25, 0.3) is 0 Å². The number of hydrogen-bond donors (Lipinski definition) is 1. The van der Waals surface area contributed by atoms with Crippen molar-refractivity contribution in [3.05, 3.63) is 58.6 Å². The van der Waals surface area contributed by atoms with Crippen molar-refractivity contribution >= 4 is 34.8 Å². The summed E-state index contributed by atoms with van der Waals surface area (Å²) in [7, 11) is 0. The molecule has 2 aromatic rings. The van der Waals surface area contributed by atoms with Crippen molar-refractivity contribution in [3.8, 4) is 0 Å². The van der Waals surface area contributed by atoms with Crippen LogP contribution in [0.3, 0.4) is 0 Å². The highest BCUT2D eigenvalue weighted by Gasteiger charge is 2.35. The second-order valence-electron chi connectivity index (χ2n) is 8.12. The molecule has 1 fully saturated rings. The first-order valence-electron chi connectivity index (χ1n) is 9.13. The van der Waals surface area contributed by atoms with Crippen molar-refractivity contribution in [2.45, 2.75) is 39.5 Å². The molecule has 2 aromatic carbocycles. The third kappa shape index (κ3) is 4.16. The average Bonchev–Trinajstić information content (AvgIpc) is 2.99. The SMILES string of the molecule is Cc1ccc(N2C[C@@H](C(=O)Nc3ccccc3C(C)(C)C)CC2=O)cc1Cl. The first kappa shape index (κ1) is 19.4. The van der Waals surface area contributed by atoms with Crippen LogP contribution in [-0.2, 0) is 15.0 Å². The van der Waals surface area contributed by atoms with Gasteiger partial charge in [0.05, 0.1) is 5.92 Å². The van der Waals surface area contributed by atoms with Crippen LogP contribution >= 0.6 is 11.6 Å². The van der Waals surface area contributed by atoms with Crippen LogP contribution in [-0.4, -0.2) is 18.4 Å². The fourth-order valence-corrected chi connectivity index (χ4v) is 3.54. The number of nitrogens with zero attached hydrogens (tertiary/aromatic N) is 1. The molecule has 1 aliphatic heterocycles.